The minimum Gasteiger partial charge on any atom is -0.351 e. The lowest BCUT2D eigenvalue weighted by Crippen LogP contribution is -2.35. The maximum absolute atomic E-state index is 11.9. The SMILES string of the molecule is CCN(CC)CCNC(=O)c1cc([N+](=O)[O-])cnc1Cl. The van der Waals surface area contributed by atoms with Crippen LogP contribution >= 0.6 is 11.6 Å². The summed E-state index contributed by atoms with van der Waals surface area (Å²) in [5.41, 5.74) is -0.247. The van der Waals surface area contributed by atoms with E-state index in [0.29, 0.717) is 13.1 Å². The Balaban J connectivity index is 2.67. The van der Waals surface area contributed by atoms with E-state index in [1.165, 1.54) is 0 Å². The largest absolute Gasteiger partial charge is 0.351 e. The molecule has 0 aromatic carbocycles. The highest BCUT2D eigenvalue weighted by molar-refractivity contribution is 6.32. The van der Waals surface area contributed by atoms with Gasteiger partial charge in [-0.05, 0) is 13.1 Å². The minimum atomic E-state index is -0.615. The van der Waals surface area contributed by atoms with Crippen LogP contribution in [0.4, 0.5) is 5.69 Å². The van der Waals surface area contributed by atoms with E-state index in [1.807, 2.05) is 13.8 Å². The van der Waals surface area contributed by atoms with Crippen LogP contribution in [0.5, 0.6) is 0 Å². The van der Waals surface area contributed by atoms with E-state index in [9.17, 15) is 14.9 Å². The fraction of sp³-hybridized carbons (Fsp3) is 0.500. The number of aromatic nitrogens is 1. The number of nitrogens with zero attached hydrogens (tertiary/aromatic N) is 3. The van der Waals surface area contributed by atoms with Gasteiger partial charge in [0.1, 0.15) is 11.3 Å². The molecule has 1 heterocycles. The molecule has 0 atom stereocenters. The van der Waals surface area contributed by atoms with E-state index in [1.54, 1.807) is 0 Å². The summed E-state index contributed by atoms with van der Waals surface area (Å²) in [6.07, 6.45) is 1.02. The van der Waals surface area contributed by atoms with E-state index in [0.717, 1.165) is 25.4 Å². The van der Waals surface area contributed by atoms with Gasteiger partial charge in [0.2, 0.25) is 0 Å². The van der Waals surface area contributed by atoms with Gasteiger partial charge in [-0.3, -0.25) is 14.9 Å². The Morgan fingerprint density at radius 1 is 1.50 bits per heavy atom. The van der Waals surface area contributed by atoms with Gasteiger partial charge in [0.15, 0.2) is 0 Å². The number of halogens is 1. The van der Waals surface area contributed by atoms with Gasteiger partial charge >= 0.3 is 0 Å². The van der Waals surface area contributed by atoms with Gasteiger partial charge in [-0.25, -0.2) is 4.98 Å². The molecule has 0 spiro atoms. The van der Waals surface area contributed by atoms with E-state index >= 15 is 0 Å². The quantitative estimate of drug-likeness (QED) is 0.470. The Hall–Kier alpha value is -1.73. The van der Waals surface area contributed by atoms with E-state index < -0.39 is 10.8 Å². The Morgan fingerprint density at radius 3 is 2.70 bits per heavy atom. The highest BCUT2D eigenvalue weighted by Crippen LogP contribution is 2.18. The van der Waals surface area contributed by atoms with Crippen molar-refractivity contribution < 1.29 is 9.72 Å². The summed E-state index contributed by atoms with van der Waals surface area (Å²) < 4.78 is 0. The first-order valence-corrected chi connectivity index (χ1v) is 6.67. The lowest BCUT2D eigenvalue weighted by molar-refractivity contribution is -0.385. The monoisotopic (exact) mass is 300 g/mol. The van der Waals surface area contributed by atoms with Crippen molar-refractivity contribution in [1.82, 2.24) is 15.2 Å². The zero-order valence-corrected chi connectivity index (χ0v) is 12.2. The molecule has 1 aromatic rings. The van der Waals surface area contributed by atoms with Gasteiger partial charge in [-0.1, -0.05) is 25.4 Å². The molecular formula is C12H17ClN4O3. The maximum atomic E-state index is 11.9. The lowest BCUT2D eigenvalue weighted by atomic mass is 10.2. The third-order valence-electron chi connectivity index (χ3n) is 2.89. The molecule has 0 aliphatic carbocycles. The smallest absolute Gasteiger partial charge is 0.288 e. The van der Waals surface area contributed by atoms with Crippen LogP contribution < -0.4 is 5.32 Å². The summed E-state index contributed by atoms with van der Waals surface area (Å²) in [5.74, 6) is -0.460. The molecule has 1 rings (SSSR count). The predicted octanol–water partition coefficient (Wildman–Crippen LogP) is 1.71. The molecule has 0 aliphatic rings. The molecular weight excluding hydrogens is 284 g/mol. The first-order chi connectivity index (χ1) is 9.49. The fourth-order valence-electron chi connectivity index (χ4n) is 1.66. The van der Waals surface area contributed by atoms with Crippen molar-refractivity contribution in [2.45, 2.75) is 13.8 Å². The van der Waals surface area contributed by atoms with Crippen molar-refractivity contribution in [2.75, 3.05) is 26.2 Å². The molecule has 0 aliphatic heterocycles. The van der Waals surface area contributed by atoms with Gasteiger partial charge in [0.05, 0.1) is 10.5 Å². The fourth-order valence-corrected chi connectivity index (χ4v) is 1.85. The number of carbonyl (C=O) groups excluding carboxylic acids is 1. The number of nitro groups is 1. The summed E-state index contributed by atoms with van der Waals surface area (Å²) in [6.45, 7) is 7.01. The Labute approximate surface area is 122 Å². The number of pyridine rings is 1. The van der Waals surface area contributed by atoms with Gasteiger partial charge in [-0.15, -0.1) is 0 Å². The summed E-state index contributed by atoms with van der Waals surface area (Å²) in [4.78, 5) is 27.8. The predicted molar refractivity (Wildman–Crippen MR) is 76.0 cm³/mol. The number of nitrogens with one attached hydrogen (secondary N) is 1. The normalized spacial score (nSPS) is 10.6. The summed E-state index contributed by atoms with van der Waals surface area (Å²) in [5, 5.41) is 13.3. The zero-order valence-electron chi connectivity index (χ0n) is 11.4. The molecule has 0 fully saturated rings. The molecule has 1 aromatic heterocycles. The van der Waals surface area contributed by atoms with Crippen LogP contribution in [0, 0.1) is 10.1 Å². The molecule has 110 valence electrons. The molecule has 0 bridgehead atoms. The lowest BCUT2D eigenvalue weighted by Gasteiger charge is -2.17. The van der Waals surface area contributed by atoms with Crippen LogP contribution in [0.1, 0.15) is 24.2 Å². The molecule has 7 nitrogen and oxygen atoms in total. The molecule has 0 unspecified atom stereocenters. The summed E-state index contributed by atoms with van der Waals surface area (Å²) in [6, 6.07) is 1.13. The maximum Gasteiger partial charge on any atom is 0.288 e. The van der Waals surface area contributed by atoms with Crippen LogP contribution in [0.3, 0.4) is 0 Å². The van der Waals surface area contributed by atoms with Gasteiger partial charge in [0.25, 0.3) is 11.6 Å². The van der Waals surface area contributed by atoms with Gasteiger partial charge in [-0.2, -0.15) is 0 Å². The third kappa shape index (κ3) is 4.43. The number of amides is 1. The average Bonchev–Trinajstić information content (AvgIpc) is 2.43. The Kier molecular flexibility index (Phi) is 6.33. The van der Waals surface area contributed by atoms with Crippen LogP contribution in [0.25, 0.3) is 0 Å². The highest BCUT2D eigenvalue weighted by Gasteiger charge is 2.16. The highest BCUT2D eigenvalue weighted by atomic mass is 35.5. The number of carbonyl (C=O) groups is 1. The van der Waals surface area contributed by atoms with Crippen LogP contribution in [-0.4, -0.2) is 46.9 Å². The van der Waals surface area contributed by atoms with Crippen molar-refractivity contribution >= 4 is 23.2 Å². The number of hydrogen-bond donors (Lipinski definition) is 1. The second-order valence-electron chi connectivity index (χ2n) is 4.07. The van der Waals surface area contributed by atoms with Gasteiger partial charge in [0, 0.05) is 19.2 Å². The average molecular weight is 301 g/mol. The van der Waals surface area contributed by atoms with E-state index in [-0.39, 0.29) is 16.4 Å². The topological polar surface area (TPSA) is 88.4 Å². The Morgan fingerprint density at radius 2 is 2.15 bits per heavy atom. The first kappa shape index (κ1) is 16.3. The second kappa shape index (κ2) is 7.76. The van der Waals surface area contributed by atoms with E-state index in [4.69, 9.17) is 11.6 Å². The summed E-state index contributed by atoms with van der Waals surface area (Å²) in [7, 11) is 0. The van der Waals surface area contributed by atoms with E-state index in [2.05, 4.69) is 15.2 Å². The molecule has 8 heteroatoms. The molecule has 0 saturated carbocycles. The zero-order chi connectivity index (χ0) is 15.1. The van der Waals surface area contributed by atoms with Crippen molar-refractivity contribution in [1.29, 1.82) is 0 Å². The molecule has 20 heavy (non-hydrogen) atoms. The molecule has 1 N–H and O–H groups in total. The number of likely N-dealkylation sites (N-methyl/N-ethyl adjacent to an activating group) is 1. The van der Waals surface area contributed by atoms with Crippen LogP contribution in [0.15, 0.2) is 12.3 Å². The third-order valence-corrected chi connectivity index (χ3v) is 3.19. The minimum absolute atomic E-state index is 0.0143. The van der Waals surface area contributed by atoms with Crippen molar-refractivity contribution in [3.8, 4) is 0 Å². The van der Waals surface area contributed by atoms with Crippen LogP contribution in [0.2, 0.25) is 5.15 Å². The molecule has 0 saturated heterocycles. The standard InChI is InChI=1S/C12H17ClN4O3/c1-3-16(4-2)6-5-14-12(18)10-7-9(17(19)20)8-15-11(10)13/h7-8H,3-6H2,1-2H3,(H,14,18). The summed E-state index contributed by atoms with van der Waals surface area (Å²) >= 11 is 5.79. The van der Waals surface area contributed by atoms with Crippen LogP contribution in [-0.2, 0) is 0 Å². The number of hydrogen-bond acceptors (Lipinski definition) is 5. The van der Waals surface area contributed by atoms with Crippen molar-refractivity contribution in [3.63, 3.8) is 0 Å². The second-order valence-corrected chi connectivity index (χ2v) is 4.43. The molecule has 0 radical (unpaired) electrons. The Bertz CT molecular complexity index is 492. The van der Waals surface area contributed by atoms with Crippen molar-refractivity contribution in [2.24, 2.45) is 0 Å². The van der Waals surface area contributed by atoms with Crippen molar-refractivity contribution in [3.05, 3.63) is 33.1 Å². The molecule has 1 amide bonds. The number of rotatable bonds is 7. The first-order valence-electron chi connectivity index (χ1n) is 6.30. The van der Waals surface area contributed by atoms with Gasteiger partial charge < -0.3 is 10.2 Å².